The van der Waals surface area contributed by atoms with E-state index >= 15 is 0 Å². The first-order chi connectivity index (χ1) is 7.06. The van der Waals surface area contributed by atoms with E-state index in [9.17, 15) is 9.18 Å². The number of hydrogen-bond acceptors (Lipinski definition) is 2. The molecular weight excluding hydrogens is 215 g/mol. The summed E-state index contributed by atoms with van der Waals surface area (Å²) in [5, 5.41) is 2.59. The van der Waals surface area contributed by atoms with Gasteiger partial charge in [-0.05, 0) is 25.1 Å². The molecule has 0 aromatic heterocycles. The molecule has 0 bridgehead atoms. The molecule has 1 aromatic carbocycles. The second-order valence-electron chi connectivity index (χ2n) is 3.03. The minimum Gasteiger partial charge on any atom is -0.338 e. The van der Waals surface area contributed by atoms with Crippen LogP contribution in [-0.4, -0.2) is 19.6 Å². The van der Waals surface area contributed by atoms with Crippen LogP contribution in [0.2, 0.25) is 0 Å². The van der Waals surface area contributed by atoms with E-state index in [0.29, 0.717) is 11.4 Å². The molecular formula is C10H13FN2OS. The fourth-order valence-corrected chi connectivity index (χ4v) is 1.33. The van der Waals surface area contributed by atoms with Crippen LogP contribution in [0.25, 0.3) is 0 Å². The van der Waals surface area contributed by atoms with Crippen LogP contribution in [0.4, 0.5) is 14.9 Å². The van der Waals surface area contributed by atoms with E-state index in [4.69, 9.17) is 0 Å². The molecule has 0 unspecified atom stereocenters. The van der Waals surface area contributed by atoms with Gasteiger partial charge in [0.05, 0.1) is 5.69 Å². The summed E-state index contributed by atoms with van der Waals surface area (Å²) in [7, 11) is 1.52. The predicted octanol–water partition coefficient (Wildman–Crippen LogP) is 2.28. The molecule has 0 aliphatic heterocycles. The molecule has 5 heteroatoms. The van der Waals surface area contributed by atoms with Crippen LogP contribution in [0.1, 0.15) is 6.92 Å². The minimum atomic E-state index is -0.462. The molecule has 0 fully saturated rings. The number of nitrogens with one attached hydrogen (secondary N) is 1. The lowest BCUT2D eigenvalue weighted by molar-refractivity contribution is 0.248. The highest BCUT2D eigenvalue weighted by molar-refractivity contribution is 7.80. The smallest absolute Gasteiger partial charge is 0.321 e. The second kappa shape index (κ2) is 5.02. The van der Waals surface area contributed by atoms with Crippen LogP contribution in [-0.2, 0) is 0 Å². The summed E-state index contributed by atoms with van der Waals surface area (Å²) in [5.41, 5.74) is 0.235. The van der Waals surface area contributed by atoms with Gasteiger partial charge in [0.15, 0.2) is 0 Å². The van der Waals surface area contributed by atoms with Gasteiger partial charge in [-0.15, -0.1) is 12.6 Å². The highest BCUT2D eigenvalue weighted by atomic mass is 32.1. The molecule has 82 valence electrons. The van der Waals surface area contributed by atoms with Gasteiger partial charge < -0.3 is 5.32 Å². The Hall–Kier alpha value is -1.23. The van der Waals surface area contributed by atoms with Crippen LogP contribution in [0.3, 0.4) is 0 Å². The van der Waals surface area contributed by atoms with E-state index < -0.39 is 5.82 Å². The summed E-state index contributed by atoms with van der Waals surface area (Å²) in [6.45, 7) is 2.31. The first-order valence-electron chi connectivity index (χ1n) is 4.56. The topological polar surface area (TPSA) is 32.3 Å². The summed E-state index contributed by atoms with van der Waals surface area (Å²) < 4.78 is 13.4. The molecule has 1 N–H and O–H groups in total. The molecule has 0 atom stereocenters. The molecule has 0 aliphatic carbocycles. The van der Waals surface area contributed by atoms with Crippen LogP contribution in [0, 0.1) is 5.82 Å². The first kappa shape index (κ1) is 11.8. The van der Waals surface area contributed by atoms with Gasteiger partial charge in [-0.3, -0.25) is 4.90 Å². The standard InChI is InChI=1S/C10H13FN2OS/c1-3-12-10(14)13(2)9-5-4-7(15)6-8(9)11/h4-6,15H,3H2,1-2H3,(H,12,14). The third-order valence-electron chi connectivity index (χ3n) is 1.93. The molecule has 0 radical (unpaired) electrons. The first-order valence-corrected chi connectivity index (χ1v) is 5.01. The third-order valence-corrected chi connectivity index (χ3v) is 2.20. The predicted molar refractivity (Wildman–Crippen MR) is 61.1 cm³/mol. The van der Waals surface area contributed by atoms with Gasteiger partial charge in [-0.1, -0.05) is 0 Å². The Labute approximate surface area is 93.7 Å². The van der Waals surface area contributed by atoms with Crippen LogP contribution >= 0.6 is 12.6 Å². The summed E-state index contributed by atoms with van der Waals surface area (Å²) in [4.78, 5) is 13.2. The Kier molecular flexibility index (Phi) is 3.96. The van der Waals surface area contributed by atoms with Crippen molar-refractivity contribution in [3.8, 4) is 0 Å². The quantitative estimate of drug-likeness (QED) is 0.748. The van der Waals surface area contributed by atoms with Crippen molar-refractivity contribution in [2.75, 3.05) is 18.5 Å². The average Bonchev–Trinajstić information content (AvgIpc) is 2.17. The lowest BCUT2D eigenvalue weighted by Crippen LogP contribution is -2.37. The van der Waals surface area contributed by atoms with Crippen LogP contribution in [0.5, 0.6) is 0 Å². The van der Waals surface area contributed by atoms with Crippen molar-refractivity contribution in [3.05, 3.63) is 24.0 Å². The Bertz CT molecular complexity index is 370. The summed E-state index contributed by atoms with van der Waals surface area (Å²) in [5.74, 6) is -0.462. The number of amides is 2. The zero-order valence-electron chi connectivity index (χ0n) is 8.62. The Balaban J connectivity index is 2.91. The number of hydrogen-bond donors (Lipinski definition) is 2. The maximum absolute atomic E-state index is 13.4. The maximum Gasteiger partial charge on any atom is 0.321 e. The number of halogens is 1. The van der Waals surface area contributed by atoms with E-state index in [1.54, 1.807) is 13.0 Å². The van der Waals surface area contributed by atoms with Gasteiger partial charge in [0.25, 0.3) is 0 Å². The normalized spacial score (nSPS) is 9.87. The van der Waals surface area contributed by atoms with E-state index in [2.05, 4.69) is 17.9 Å². The number of urea groups is 1. The molecule has 0 saturated carbocycles. The molecule has 0 heterocycles. The Morgan fingerprint density at radius 2 is 2.27 bits per heavy atom. The van der Waals surface area contributed by atoms with Crippen molar-refractivity contribution in [1.82, 2.24) is 5.32 Å². The zero-order chi connectivity index (χ0) is 11.4. The van der Waals surface area contributed by atoms with E-state index in [1.165, 1.54) is 24.1 Å². The van der Waals surface area contributed by atoms with Crippen LogP contribution < -0.4 is 10.2 Å². The van der Waals surface area contributed by atoms with Gasteiger partial charge in [0, 0.05) is 18.5 Å². The number of carbonyl (C=O) groups excluding carboxylic acids is 1. The third kappa shape index (κ3) is 2.86. The molecule has 1 aromatic rings. The number of anilines is 1. The fourth-order valence-electron chi connectivity index (χ4n) is 1.15. The van der Waals surface area contributed by atoms with E-state index in [0.717, 1.165) is 0 Å². The Morgan fingerprint density at radius 3 is 2.80 bits per heavy atom. The summed E-state index contributed by atoms with van der Waals surface area (Å²) >= 11 is 4.00. The minimum absolute atomic E-state index is 0.235. The summed E-state index contributed by atoms with van der Waals surface area (Å²) in [6.07, 6.45) is 0. The average molecular weight is 228 g/mol. The second-order valence-corrected chi connectivity index (χ2v) is 3.55. The number of thiol groups is 1. The lowest BCUT2D eigenvalue weighted by atomic mass is 10.3. The largest absolute Gasteiger partial charge is 0.338 e. The van der Waals surface area contributed by atoms with Crippen molar-refractivity contribution in [1.29, 1.82) is 0 Å². The highest BCUT2D eigenvalue weighted by Crippen LogP contribution is 2.20. The molecule has 15 heavy (non-hydrogen) atoms. The fraction of sp³-hybridized carbons (Fsp3) is 0.300. The van der Waals surface area contributed by atoms with Crippen molar-refractivity contribution < 1.29 is 9.18 Å². The van der Waals surface area contributed by atoms with Crippen LogP contribution in [0.15, 0.2) is 23.1 Å². The lowest BCUT2D eigenvalue weighted by Gasteiger charge is -2.18. The van der Waals surface area contributed by atoms with Gasteiger partial charge in [-0.25, -0.2) is 9.18 Å². The van der Waals surface area contributed by atoms with E-state index in [1.807, 2.05) is 0 Å². The number of benzene rings is 1. The molecule has 3 nitrogen and oxygen atoms in total. The van der Waals surface area contributed by atoms with Crippen molar-refractivity contribution in [3.63, 3.8) is 0 Å². The monoisotopic (exact) mass is 228 g/mol. The Morgan fingerprint density at radius 1 is 1.60 bits per heavy atom. The molecule has 0 saturated heterocycles. The molecule has 2 amide bonds. The molecule has 0 aliphatic rings. The number of nitrogens with zero attached hydrogens (tertiary/aromatic N) is 1. The number of carbonyl (C=O) groups is 1. The maximum atomic E-state index is 13.4. The molecule has 0 spiro atoms. The van der Waals surface area contributed by atoms with Gasteiger partial charge in [0.1, 0.15) is 5.82 Å². The van der Waals surface area contributed by atoms with Crippen molar-refractivity contribution in [2.45, 2.75) is 11.8 Å². The van der Waals surface area contributed by atoms with Gasteiger partial charge in [-0.2, -0.15) is 0 Å². The van der Waals surface area contributed by atoms with Crippen molar-refractivity contribution in [2.24, 2.45) is 0 Å². The number of rotatable bonds is 2. The van der Waals surface area contributed by atoms with Crippen molar-refractivity contribution >= 4 is 24.3 Å². The zero-order valence-corrected chi connectivity index (χ0v) is 9.51. The SMILES string of the molecule is CCNC(=O)N(C)c1ccc(S)cc1F. The highest BCUT2D eigenvalue weighted by Gasteiger charge is 2.13. The van der Waals surface area contributed by atoms with E-state index in [-0.39, 0.29) is 11.7 Å². The van der Waals surface area contributed by atoms with Gasteiger partial charge >= 0.3 is 6.03 Å². The van der Waals surface area contributed by atoms with Gasteiger partial charge in [0.2, 0.25) is 0 Å². The molecule has 1 rings (SSSR count). The summed E-state index contributed by atoms with van der Waals surface area (Å²) in [6, 6.07) is 4.10.